The smallest absolute Gasteiger partial charge is 0.337 e. The molecular weight excluding hydrogens is 254 g/mol. The average Bonchev–Trinajstić information content (AvgIpc) is 2.38. The molecule has 0 atom stereocenters. The third kappa shape index (κ3) is 3.06. The Labute approximate surface area is 117 Å². The van der Waals surface area contributed by atoms with Crippen molar-refractivity contribution in [1.82, 2.24) is 4.98 Å². The highest BCUT2D eigenvalue weighted by atomic mass is 16.4. The fourth-order valence-electron chi connectivity index (χ4n) is 2.07. The first-order chi connectivity index (χ1) is 9.47. The summed E-state index contributed by atoms with van der Waals surface area (Å²) in [5.74, 6) is -0.989. The van der Waals surface area contributed by atoms with Crippen molar-refractivity contribution in [2.24, 2.45) is 0 Å². The quantitative estimate of drug-likeness (QED) is 0.834. The van der Waals surface area contributed by atoms with Gasteiger partial charge in [-0.2, -0.15) is 0 Å². The van der Waals surface area contributed by atoms with Gasteiger partial charge >= 0.3 is 5.97 Å². The normalized spacial score (nSPS) is 10.3. The summed E-state index contributed by atoms with van der Waals surface area (Å²) in [6.45, 7) is 2.46. The van der Waals surface area contributed by atoms with Crippen LogP contribution in [0.2, 0.25) is 0 Å². The van der Waals surface area contributed by atoms with Gasteiger partial charge in [0.1, 0.15) is 0 Å². The van der Waals surface area contributed by atoms with Crippen molar-refractivity contribution in [1.29, 1.82) is 0 Å². The lowest BCUT2D eigenvalue weighted by atomic mass is 10.1. The Kier molecular flexibility index (Phi) is 3.89. The number of aromatic carboxylic acids is 1. The largest absolute Gasteiger partial charge is 0.478 e. The Morgan fingerprint density at radius 2 is 2.10 bits per heavy atom. The first-order valence-corrected chi connectivity index (χ1v) is 6.24. The van der Waals surface area contributed by atoms with E-state index in [9.17, 15) is 9.90 Å². The van der Waals surface area contributed by atoms with Gasteiger partial charge in [0.25, 0.3) is 0 Å². The predicted molar refractivity (Wildman–Crippen MR) is 78.9 cm³/mol. The van der Waals surface area contributed by atoms with Crippen molar-refractivity contribution >= 4 is 17.3 Å². The maximum absolute atomic E-state index is 11.3. The summed E-state index contributed by atoms with van der Waals surface area (Å²) in [7, 11) is 1.84. The maximum atomic E-state index is 11.3. The summed E-state index contributed by atoms with van der Waals surface area (Å²) in [6, 6.07) is 10.7. The van der Waals surface area contributed by atoms with Crippen molar-refractivity contribution in [3.05, 3.63) is 53.3 Å². The van der Waals surface area contributed by atoms with E-state index in [0.29, 0.717) is 17.9 Å². The van der Waals surface area contributed by atoms with Gasteiger partial charge in [-0.1, -0.05) is 6.07 Å². The number of benzene rings is 1. The minimum atomic E-state index is -0.989. The van der Waals surface area contributed by atoms with E-state index in [-0.39, 0.29) is 5.56 Å². The zero-order valence-electron chi connectivity index (χ0n) is 11.5. The molecule has 2 rings (SSSR count). The molecule has 0 aliphatic heterocycles. The minimum absolute atomic E-state index is 0.195. The second-order valence-electron chi connectivity index (χ2n) is 4.71. The Hall–Kier alpha value is -2.56. The van der Waals surface area contributed by atoms with Crippen LogP contribution in [0, 0.1) is 6.92 Å². The van der Waals surface area contributed by atoms with Crippen LogP contribution in [0.1, 0.15) is 21.7 Å². The van der Waals surface area contributed by atoms with Crippen molar-refractivity contribution in [3.63, 3.8) is 0 Å². The summed E-state index contributed by atoms with van der Waals surface area (Å²) in [4.78, 5) is 17.6. The molecule has 5 nitrogen and oxygen atoms in total. The summed E-state index contributed by atoms with van der Waals surface area (Å²) >= 11 is 0. The highest BCUT2D eigenvalue weighted by Crippen LogP contribution is 2.23. The van der Waals surface area contributed by atoms with E-state index in [1.807, 2.05) is 37.1 Å². The second-order valence-corrected chi connectivity index (χ2v) is 4.71. The number of nitrogen functional groups attached to an aromatic ring is 1. The van der Waals surface area contributed by atoms with Crippen LogP contribution < -0.4 is 10.6 Å². The van der Waals surface area contributed by atoms with Gasteiger partial charge in [-0.15, -0.1) is 0 Å². The molecular formula is C15H17N3O2. The summed E-state index contributed by atoms with van der Waals surface area (Å²) in [6.07, 6.45) is 0. The fourth-order valence-corrected chi connectivity index (χ4v) is 2.07. The number of carboxylic acid groups (broad SMARTS) is 1. The molecule has 5 heteroatoms. The van der Waals surface area contributed by atoms with Crippen LogP contribution in [0.4, 0.5) is 11.4 Å². The standard InChI is InChI=1S/C15H17N3O2/c1-10-4-3-5-12(17-10)9-18(2)14-7-6-11(16)8-13(14)15(19)20/h3-8H,9,16H2,1-2H3,(H,19,20). The third-order valence-electron chi connectivity index (χ3n) is 3.01. The van der Waals surface area contributed by atoms with Crippen LogP contribution in [-0.2, 0) is 6.54 Å². The number of nitrogens with zero attached hydrogens (tertiary/aromatic N) is 2. The van der Waals surface area contributed by atoms with Gasteiger partial charge in [0.15, 0.2) is 0 Å². The monoisotopic (exact) mass is 271 g/mol. The number of carboxylic acids is 1. The molecule has 20 heavy (non-hydrogen) atoms. The number of anilines is 2. The zero-order valence-corrected chi connectivity index (χ0v) is 11.5. The molecule has 0 saturated heterocycles. The van der Waals surface area contributed by atoms with Gasteiger partial charge < -0.3 is 15.7 Å². The van der Waals surface area contributed by atoms with Gasteiger partial charge in [0, 0.05) is 18.4 Å². The van der Waals surface area contributed by atoms with Crippen molar-refractivity contribution in [3.8, 4) is 0 Å². The topological polar surface area (TPSA) is 79.5 Å². The molecule has 3 N–H and O–H groups in total. The number of aryl methyl sites for hydroxylation is 1. The molecule has 0 aliphatic carbocycles. The molecule has 0 amide bonds. The van der Waals surface area contributed by atoms with E-state index >= 15 is 0 Å². The summed E-state index contributed by atoms with van der Waals surface area (Å²) in [5.41, 5.74) is 8.72. The summed E-state index contributed by atoms with van der Waals surface area (Å²) < 4.78 is 0. The molecule has 2 aromatic rings. The van der Waals surface area contributed by atoms with Crippen LogP contribution in [0.15, 0.2) is 36.4 Å². The number of rotatable bonds is 4. The Bertz CT molecular complexity index is 641. The van der Waals surface area contributed by atoms with Gasteiger partial charge in [-0.25, -0.2) is 4.79 Å². The summed E-state index contributed by atoms with van der Waals surface area (Å²) in [5, 5.41) is 9.25. The molecule has 1 aromatic heterocycles. The number of carbonyl (C=O) groups is 1. The highest BCUT2D eigenvalue weighted by Gasteiger charge is 2.14. The molecule has 0 radical (unpaired) electrons. The molecule has 0 spiro atoms. The lowest BCUT2D eigenvalue weighted by Gasteiger charge is -2.21. The van der Waals surface area contributed by atoms with Crippen molar-refractivity contribution in [2.75, 3.05) is 17.7 Å². The lowest BCUT2D eigenvalue weighted by Crippen LogP contribution is -2.20. The number of hydrogen-bond donors (Lipinski definition) is 2. The van der Waals surface area contributed by atoms with E-state index in [0.717, 1.165) is 11.4 Å². The third-order valence-corrected chi connectivity index (χ3v) is 3.01. The van der Waals surface area contributed by atoms with Gasteiger partial charge in [0.05, 0.1) is 23.5 Å². The van der Waals surface area contributed by atoms with E-state index in [2.05, 4.69) is 4.98 Å². The molecule has 0 bridgehead atoms. The highest BCUT2D eigenvalue weighted by molar-refractivity contribution is 5.95. The molecule has 0 aliphatic rings. The number of nitrogens with two attached hydrogens (primary N) is 1. The van der Waals surface area contributed by atoms with Gasteiger partial charge in [0.2, 0.25) is 0 Å². The number of hydrogen-bond acceptors (Lipinski definition) is 4. The first kappa shape index (κ1) is 13.9. The fraction of sp³-hybridized carbons (Fsp3) is 0.200. The van der Waals surface area contributed by atoms with Crippen molar-refractivity contribution in [2.45, 2.75) is 13.5 Å². The molecule has 0 saturated carbocycles. The van der Waals surface area contributed by atoms with E-state index in [1.165, 1.54) is 6.07 Å². The average molecular weight is 271 g/mol. The Morgan fingerprint density at radius 3 is 2.75 bits per heavy atom. The first-order valence-electron chi connectivity index (χ1n) is 6.24. The Morgan fingerprint density at radius 1 is 1.35 bits per heavy atom. The maximum Gasteiger partial charge on any atom is 0.337 e. The zero-order chi connectivity index (χ0) is 14.7. The van der Waals surface area contributed by atoms with E-state index in [1.54, 1.807) is 12.1 Å². The van der Waals surface area contributed by atoms with Crippen LogP contribution in [0.5, 0.6) is 0 Å². The lowest BCUT2D eigenvalue weighted by molar-refractivity contribution is 0.0697. The Balaban J connectivity index is 2.29. The molecule has 0 unspecified atom stereocenters. The molecule has 104 valence electrons. The predicted octanol–water partition coefficient (Wildman–Crippen LogP) is 2.31. The van der Waals surface area contributed by atoms with Crippen molar-refractivity contribution < 1.29 is 9.90 Å². The van der Waals surface area contributed by atoms with E-state index < -0.39 is 5.97 Å². The van der Waals surface area contributed by atoms with Gasteiger partial charge in [-0.3, -0.25) is 4.98 Å². The molecule has 1 heterocycles. The van der Waals surface area contributed by atoms with Gasteiger partial charge in [-0.05, 0) is 37.3 Å². The van der Waals surface area contributed by atoms with Crippen LogP contribution in [0.3, 0.4) is 0 Å². The molecule has 0 fully saturated rings. The number of aromatic nitrogens is 1. The SMILES string of the molecule is Cc1cccc(CN(C)c2ccc(N)cc2C(=O)O)n1. The van der Waals surface area contributed by atoms with E-state index in [4.69, 9.17) is 5.73 Å². The minimum Gasteiger partial charge on any atom is -0.478 e. The van der Waals surface area contributed by atoms with Crippen LogP contribution in [0.25, 0.3) is 0 Å². The number of pyridine rings is 1. The molecule has 1 aromatic carbocycles. The van der Waals surface area contributed by atoms with Crippen LogP contribution in [-0.4, -0.2) is 23.1 Å². The second kappa shape index (κ2) is 5.61. The van der Waals surface area contributed by atoms with Crippen LogP contribution >= 0.6 is 0 Å².